The fourth-order valence-electron chi connectivity index (χ4n) is 3.17. The van der Waals surface area contributed by atoms with Crippen LogP contribution in [0.1, 0.15) is 48.9 Å². The third-order valence-corrected chi connectivity index (χ3v) is 4.74. The number of nitrogens with one attached hydrogen (secondary N) is 2. The summed E-state index contributed by atoms with van der Waals surface area (Å²) in [5, 5.41) is 6.27. The SMILES string of the molecule is CN(C)c1ccc(Nc2ncc(C(=O)NC3CCCCCC3)cn2)cc1. The average molecular weight is 353 g/mol. The van der Waals surface area contributed by atoms with Crippen molar-refractivity contribution < 1.29 is 4.79 Å². The van der Waals surface area contributed by atoms with Gasteiger partial charge < -0.3 is 15.5 Å². The zero-order chi connectivity index (χ0) is 18.4. The molecule has 26 heavy (non-hydrogen) atoms. The van der Waals surface area contributed by atoms with Gasteiger partial charge >= 0.3 is 0 Å². The zero-order valence-corrected chi connectivity index (χ0v) is 15.5. The van der Waals surface area contributed by atoms with Gasteiger partial charge in [-0.15, -0.1) is 0 Å². The lowest BCUT2D eigenvalue weighted by Gasteiger charge is -2.16. The van der Waals surface area contributed by atoms with Gasteiger partial charge in [-0.2, -0.15) is 0 Å². The number of rotatable bonds is 5. The number of carbonyl (C=O) groups excluding carboxylic acids is 1. The van der Waals surface area contributed by atoms with E-state index >= 15 is 0 Å². The van der Waals surface area contributed by atoms with Crippen LogP contribution in [0.4, 0.5) is 17.3 Å². The molecule has 1 heterocycles. The molecule has 0 saturated heterocycles. The van der Waals surface area contributed by atoms with E-state index in [9.17, 15) is 4.79 Å². The number of nitrogens with zero attached hydrogens (tertiary/aromatic N) is 3. The predicted octanol–water partition coefficient (Wildman–Crippen LogP) is 3.74. The summed E-state index contributed by atoms with van der Waals surface area (Å²) in [4.78, 5) is 23.0. The fourth-order valence-corrected chi connectivity index (χ4v) is 3.17. The van der Waals surface area contributed by atoms with Crippen molar-refractivity contribution in [3.63, 3.8) is 0 Å². The van der Waals surface area contributed by atoms with Crippen molar-refractivity contribution >= 4 is 23.2 Å². The van der Waals surface area contributed by atoms with E-state index in [4.69, 9.17) is 0 Å². The lowest BCUT2D eigenvalue weighted by Crippen LogP contribution is -2.34. The van der Waals surface area contributed by atoms with Gasteiger partial charge in [-0.25, -0.2) is 9.97 Å². The Labute approximate surface area is 155 Å². The first-order valence-corrected chi connectivity index (χ1v) is 9.29. The average Bonchev–Trinajstić information content (AvgIpc) is 2.91. The molecule has 1 aromatic carbocycles. The van der Waals surface area contributed by atoms with Gasteiger partial charge in [0.2, 0.25) is 5.95 Å². The molecule has 2 N–H and O–H groups in total. The van der Waals surface area contributed by atoms with Gasteiger partial charge in [0.05, 0.1) is 5.56 Å². The number of hydrogen-bond acceptors (Lipinski definition) is 5. The predicted molar refractivity (Wildman–Crippen MR) is 105 cm³/mol. The second-order valence-corrected chi connectivity index (χ2v) is 7.02. The minimum absolute atomic E-state index is 0.0845. The maximum absolute atomic E-state index is 12.4. The summed E-state index contributed by atoms with van der Waals surface area (Å²) in [7, 11) is 4.01. The molecule has 2 aromatic rings. The van der Waals surface area contributed by atoms with E-state index in [1.165, 1.54) is 25.7 Å². The highest BCUT2D eigenvalue weighted by molar-refractivity contribution is 5.93. The molecule has 6 nitrogen and oxygen atoms in total. The molecule has 0 bridgehead atoms. The van der Waals surface area contributed by atoms with E-state index in [0.29, 0.717) is 11.5 Å². The number of benzene rings is 1. The molecule has 1 saturated carbocycles. The Morgan fingerprint density at radius 3 is 2.19 bits per heavy atom. The second-order valence-electron chi connectivity index (χ2n) is 7.02. The van der Waals surface area contributed by atoms with E-state index in [-0.39, 0.29) is 11.9 Å². The largest absolute Gasteiger partial charge is 0.378 e. The Morgan fingerprint density at radius 2 is 1.62 bits per heavy atom. The van der Waals surface area contributed by atoms with Crippen molar-refractivity contribution in [2.45, 2.75) is 44.6 Å². The maximum Gasteiger partial charge on any atom is 0.254 e. The highest BCUT2D eigenvalue weighted by Gasteiger charge is 2.16. The Kier molecular flexibility index (Phi) is 6.04. The smallest absolute Gasteiger partial charge is 0.254 e. The normalized spacial score (nSPS) is 15.2. The summed E-state index contributed by atoms with van der Waals surface area (Å²) >= 11 is 0. The van der Waals surface area contributed by atoms with E-state index < -0.39 is 0 Å². The van der Waals surface area contributed by atoms with Crippen LogP contribution in [-0.2, 0) is 0 Å². The molecular weight excluding hydrogens is 326 g/mol. The second kappa shape index (κ2) is 8.65. The number of aromatic nitrogens is 2. The van der Waals surface area contributed by atoms with Crippen molar-refractivity contribution in [3.8, 4) is 0 Å². The van der Waals surface area contributed by atoms with Gasteiger partial charge in [-0.3, -0.25) is 4.79 Å². The molecule has 3 rings (SSSR count). The zero-order valence-electron chi connectivity index (χ0n) is 15.5. The lowest BCUT2D eigenvalue weighted by atomic mass is 10.1. The summed E-state index contributed by atoms with van der Waals surface area (Å²) in [5.74, 6) is 0.396. The molecule has 1 amide bonds. The summed E-state index contributed by atoms with van der Waals surface area (Å²) < 4.78 is 0. The van der Waals surface area contributed by atoms with Crippen LogP contribution in [0.3, 0.4) is 0 Å². The molecule has 0 unspecified atom stereocenters. The highest BCUT2D eigenvalue weighted by Crippen LogP contribution is 2.19. The summed E-state index contributed by atoms with van der Waals surface area (Å²) in [6.45, 7) is 0. The van der Waals surface area contributed by atoms with Crippen LogP contribution in [0, 0.1) is 0 Å². The monoisotopic (exact) mass is 353 g/mol. The quantitative estimate of drug-likeness (QED) is 0.802. The van der Waals surface area contributed by atoms with Crippen LogP contribution in [0.15, 0.2) is 36.7 Å². The third kappa shape index (κ3) is 4.94. The van der Waals surface area contributed by atoms with Crippen LogP contribution in [0.5, 0.6) is 0 Å². The Balaban J connectivity index is 1.58. The van der Waals surface area contributed by atoms with E-state index in [0.717, 1.165) is 24.2 Å². The van der Waals surface area contributed by atoms with Gasteiger partial charge in [-0.1, -0.05) is 25.7 Å². The summed E-state index contributed by atoms with van der Waals surface area (Å²) in [6.07, 6.45) is 10.2. The van der Waals surface area contributed by atoms with Crippen LogP contribution < -0.4 is 15.5 Å². The fraction of sp³-hybridized carbons (Fsp3) is 0.450. The Bertz CT molecular complexity index is 704. The molecule has 1 aliphatic rings. The van der Waals surface area contributed by atoms with E-state index in [1.54, 1.807) is 12.4 Å². The van der Waals surface area contributed by atoms with Gasteiger partial charge in [0.1, 0.15) is 0 Å². The number of amides is 1. The van der Waals surface area contributed by atoms with Gasteiger partial charge in [0.25, 0.3) is 5.91 Å². The molecule has 138 valence electrons. The van der Waals surface area contributed by atoms with Crippen molar-refractivity contribution in [1.29, 1.82) is 0 Å². The molecule has 6 heteroatoms. The summed E-state index contributed by atoms with van der Waals surface area (Å²) in [6, 6.07) is 8.28. The topological polar surface area (TPSA) is 70.2 Å². The van der Waals surface area contributed by atoms with Gasteiger partial charge in [0, 0.05) is 43.9 Å². The van der Waals surface area contributed by atoms with Crippen LogP contribution in [0.25, 0.3) is 0 Å². The maximum atomic E-state index is 12.4. The number of hydrogen-bond donors (Lipinski definition) is 2. The van der Waals surface area contributed by atoms with Gasteiger partial charge in [0.15, 0.2) is 0 Å². The van der Waals surface area contributed by atoms with E-state index in [1.807, 2.05) is 43.3 Å². The van der Waals surface area contributed by atoms with Crippen LogP contribution >= 0.6 is 0 Å². The number of anilines is 3. The molecule has 1 aliphatic carbocycles. The first kappa shape index (κ1) is 18.2. The van der Waals surface area contributed by atoms with Gasteiger partial charge in [-0.05, 0) is 37.1 Å². The highest BCUT2D eigenvalue weighted by atomic mass is 16.1. The molecule has 0 aliphatic heterocycles. The van der Waals surface area contributed by atoms with Crippen molar-refractivity contribution in [1.82, 2.24) is 15.3 Å². The summed E-state index contributed by atoms with van der Waals surface area (Å²) in [5.41, 5.74) is 2.54. The lowest BCUT2D eigenvalue weighted by molar-refractivity contribution is 0.0932. The molecule has 1 fully saturated rings. The minimum atomic E-state index is -0.0845. The molecule has 0 spiro atoms. The first-order valence-electron chi connectivity index (χ1n) is 9.29. The Hall–Kier alpha value is -2.63. The standard InChI is InChI=1S/C20H27N5O/c1-25(2)18-11-9-17(10-12-18)24-20-21-13-15(14-22-20)19(26)23-16-7-5-3-4-6-8-16/h9-14,16H,3-8H2,1-2H3,(H,23,26)(H,21,22,24). The molecule has 0 radical (unpaired) electrons. The van der Waals surface area contributed by atoms with E-state index in [2.05, 4.69) is 20.6 Å². The minimum Gasteiger partial charge on any atom is -0.378 e. The van der Waals surface area contributed by atoms with Crippen LogP contribution in [0.2, 0.25) is 0 Å². The first-order chi connectivity index (χ1) is 12.6. The molecular formula is C20H27N5O. The van der Waals surface area contributed by atoms with Crippen molar-refractivity contribution in [3.05, 3.63) is 42.2 Å². The van der Waals surface area contributed by atoms with Crippen molar-refractivity contribution in [2.24, 2.45) is 0 Å². The van der Waals surface area contributed by atoms with Crippen LogP contribution in [-0.4, -0.2) is 36.0 Å². The molecule has 1 aromatic heterocycles. The third-order valence-electron chi connectivity index (χ3n) is 4.74. The number of carbonyl (C=O) groups is 1. The Morgan fingerprint density at radius 1 is 1.00 bits per heavy atom. The van der Waals surface area contributed by atoms with Crippen molar-refractivity contribution in [2.75, 3.05) is 24.3 Å². The molecule has 0 atom stereocenters.